The molecule has 2 heterocycles. The van der Waals surface area contributed by atoms with Gasteiger partial charge in [-0.05, 0) is 48.4 Å². The number of halogens is 1. The Morgan fingerprint density at radius 3 is 2.33 bits per heavy atom. The second kappa shape index (κ2) is 11.0. The Labute approximate surface area is 207 Å². The summed E-state index contributed by atoms with van der Waals surface area (Å²) in [7, 11) is -1.09. The maximum atomic E-state index is 13.2. The number of anilines is 1. The largest absolute Gasteiger partial charge is 0.493 e. The molecule has 0 saturated heterocycles. The van der Waals surface area contributed by atoms with E-state index in [4.69, 9.17) is 14.2 Å². The molecule has 0 bridgehead atoms. The molecule has 0 radical (unpaired) electrons. The lowest BCUT2D eigenvalue weighted by Crippen LogP contribution is -2.20. The van der Waals surface area contributed by atoms with Crippen molar-refractivity contribution >= 4 is 15.8 Å². The first-order valence-corrected chi connectivity index (χ1v) is 12.3. The molecule has 0 aliphatic heterocycles. The van der Waals surface area contributed by atoms with Gasteiger partial charge in [-0.25, -0.2) is 17.8 Å². The van der Waals surface area contributed by atoms with E-state index in [1.54, 1.807) is 36.4 Å². The maximum absolute atomic E-state index is 13.2. The molecule has 0 atom stereocenters. The molecule has 186 valence electrons. The number of hydrogen-bond donors (Lipinski definition) is 1. The quantitative estimate of drug-likeness (QED) is 0.338. The van der Waals surface area contributed by atoms with Gasteiger partial charge < -0.3 is 14.2 Å². The van der Waals surface area contributed by atoms with E-state index in [1.807, 2.05) is 0 Å². The summed E-state index contributed by atoms with van der Waals surface area (Å²) in [6, 6.07) is 15.7. The highest BCUT2D eigenvalue weighted by atomic mass is 32.2. The second-order valence-corrected chi connectivity index (χ2v) is 9.24. The second-order valence-electron chi connectivity index (χ2n) is 7.39. The number of rotatable bonds is 10. The van der Waals surface area contributed by atoms with Crippen LogP contribution < -0.4 is 18.9 Å². The molecule has 0 amide bonds. The maximum Gasteiger partial charge on any atom is 0.263 e. The van der Waals surface area contributed by atoms with Crippen LogP contribution in [0.15, 0.2) is 66.9 Å². The van der Waals surface area contributed by atoms with Crippen molar-refractivity contribution in [1.29, 1.82) is 0 Å². The number of benzene rings is 2. The summed E-state index contributed by atoms with van der Waals surface area (Å²) in [6.07, 6.45) is 1.64. The van der Waals surface area contributed by atoms with Crippen molar-refractivity contribution in [2.45, 2.75) is 6.42 Å². The van der Waals surface area contributed by atoms with E-state index in [0.717, 1.165) is 0 Å². The lowest BCUT2D eigenvalue weighted by Gasteiger charge is -2.17. The fourth-order valence-corrected chi connectivity index (χ4v) is 4.22. The van der Waals surface area contributed by atoms with Crippen LogP contribution in [0.3, 0.4) is 0 Å². The molecule has 12 heteroatoms. The zero-order chi connectivity index (χ0) is 25.5. The minimum Gasteiger partial charge on any atom is -0.493 e. The molecule has 4 rings (SSSR count). The Bertz CT molecular complexity index is 1440. The van der Waals surface area contributed by atoms with Gasteiger partial charge in [0.2, 0.25) is 15.8 Å². The van der Waals surface area contributed by atoms with Crippen molar-refractivity contribution in [3.05, 3.63) is 78.2 Å². The zero-order valence-electron chi connectivity index (χ0n) is 19.4. The van der Waals surface area contributed by atoms with Gasteiger partial charge >= 0.3 is 0 Å². The van der Waals surface area contributed by atoms with Crippen molar-refractivity contribution in [3.63, 3.8) is 0 Å². The first kappa shape index (κ1) is 24.8. The molecule has 2 aromatic carbocycles. The van der Waals surface area contributed by atoms with Crippen LogP contribution >= 0.6 is 0 Å². The standard InChI is InChI=1S/C24H22FN5O5S/c1-33-19-7-3-4-8-20(19)35-21-23(27-22(28-24(21)34-2)18-6-5-14-26-29-18)30-36(31,32)15-13-16-9-11-17(25)12-10-16/h3-12,14H,13,15H2,1-2H3,(H,27,28,30). The Morgan fingerprint density at radius 2 is 1.67 bits per heavy atom. The van der Waals surface area contributed by atoms with Crippen LogP contribution in [0.1, 0.15) is 5.56 Å². The van der Waals surface area contributed by atoms with Crippen molar-refractivity contribution in [2.24, 2.45) is 0 Å². The average Bonchev–Trinajstić information content (AvgIpc) is 2.90. The SMILES string of the molecule is COc1ccccc1Oc1c(NS(=O)(=O)CCc2ccc(F)cc2)nc(-c2cccnn2)nc1OC. The molecular formula is C24H22FN5O5S. The van der Waals surface area contributed by atoms with Crippen LogP contribution in [0.2, 0.25) is 0 Å². The van der Waals surface area contributed by atoms with Gasteiger partial charge in [0.25, 0.3) is 5.88 Å². The minimum absolute atomic E-state index is 0.0345. The Morgan fingerprint density at radius 1 is 0.917 bits per heavy atom. The lowest BCUT2D eigenvalue weighted by molar-refractivity contribution is 0.348. The van der Waals surface area contributed by atoms with Gasteiger partial charge in [0.1, 0.15) is 11.5 Å². The summed E-state index contributed by atoms with van der Waals surface area (Å²) in [6.45, 7) is 0. The van der Waals surface area contributed by atoms with Crippen molar-refractivity contribution in [2.75, 3.05) is 24.7 Å². The van der Waals surface area contributed by atoms with Crippen LogP contribution in [0.25, 0.3) is 11.5 Å². The summed E-state index contributed by atoms with van der Waals surface area (Å²) in [5.41, 5.74) is 0.958. The fraction of sp³-hybridized carbons (Fsp3) is 0.167. The number of ether oxygens (including phenoxy) is 3. The van der Waals surface area contributed by atoms with Gasteiger partial charge in [-0.1, -0.05) is 24.3 Å². The van der Waals surface area contributed by atoms with Gasteiger partial charge in [-0.2, -0.15) is 10.1 Å². The molecular weight excluding hydrogens is 489 g/mol. The predicted octanol–water partition coefficient (Wildman–Crippen LogP) is 3.87. The summed E-state index contributed by atoms with van der Waals surface area (Å²) in [4.78, 5) is 8.69. The molecule has 0 saturated carbocycles. The monoisotopic (exact) mass is 511 g/mol. The van der Waals surface area contributed by atoms with E-state index < -0.39 is 15.8 Å². The third-order valence-electron chi connectivity index (χ3n) is 4.94. The number of aromatic nitrogens is 4. The van der Waals surface area contributed by atoms with Crippen LogP contribution in [0, 0.1) is 5.82 Å². The highest BCUT2D eigenvalue weighted by molar-refractivity contribution is 7.92. The van der Waals surface area contributed by atoms with Crippen LogP contribution in [-0.4, -0.2) is 48.6 Å². The molecule has 0 unspecified atom stereocenters. The van der Waals surface area contributed by atoms with E-state index in [2.05, 4.69) is 24.9 Å². The number of hydrogen-bond acceptors (Lipinski definition) is 9. The van der Waals surface area contributed by atoms with Gasteiger partial charge in [0, 0.05) is 6.20 Å². The fourth-order valence-electron chi connectivity index (χ4n) is 3.18. The minimum atomic E-state index is -3.93. The van der Waals surface area contributed by atoms with Crippen molar-refractivity contribution in [1.82, 2.24) is 20.2 Å². The predicted molar refractivity (Wildman–Crippen MR) is 130 cm³/mol. The van der Waals surface area contributed by atoms with E-state index in [1.165, 1.54) is 44.7 Å². The molecule has 0 aliphatic rings. The Balaban J connectivity index is 1.72. The number of nitrogens with zero attached hydrogens (tertiary/aromatic N) is 4. The summed E-state index contributed by atoms with van der Waals surface area (Å²) in [5, 5.41) is 7.81. The molecule has 10 nitrogen and oxygen atoms in total. The normalized spacial score (nSPS) is 11.1. The third-order valence-corrected chi connectivity index (χ3v) is 6.18. The highest BCUT2D eigenvalue weighted by Crippen LogP contribution is 2.40. The molecule has 2 aromatic heterocycles. The van der Waals surface area contributed by atoms with E-state index in [-0.39, 0.29) is 35.4 Å². The smallest absolute Gasteiger partial charge is 0.263 e. The zero-order valence-corrected chi connectivity index (χ0v) is 20.2. The van der Waals surface area contributed by atoms with E-state index in [9.17, 15) is 12.8 Å². The number of nitrogens with one attached hydrogen (secondary N) is 1. The molecule has 4 aromatic rings. The van der Waals surface area contributed by atoms with Crippen LogP contribution in [0.5, 0.6) is 23.1 Å². The van der Waals surface area contributed by atoms with Gasteiger partial charge in [0.05, 0.1) is 20.0 Å². The Kier molecular flexibility index (Phi) is 7.54. The molecule has 0 aliphatic carbocycles. The summed E-state index contributed by atoms with van der Waals surface area (Å²) in [5.74, 6) is -0.186. The topological polar surface area (TPSA) is 125 Å². The van der Waals surface area contributed by atoms with Gasteiger partial charge in [-0.15, -0.1) is 5.10 Å². The van der Waals surface area contributed by atoms with E-state index >= 15 is 0 Å². The summed E-state index contributed by atoms with van der Waals surface area (Å²) < 4.78 is 58.4. The van der Waals surface area contributed by atoms with Crippen LogP contribution in [-0.2, 0) is 16.4 Å². The van der Waals surface area contributed by atoms with Crippen LogP contribution in [0.4, 0.5) is 10.2 Å². The molecule has 0 spiro atoms. The van der Waals surface area contributed by atoms with Crippen molar-refractivity contribution < 1.29 is 27.0 Å². The number of para-hydroxylation sites is 2. The number of sulfonamides is 1. The Hall–Kier alpha value is -4.32. The van der Waals surface area contributed by atoms with Gasteiger partial charge in [0.15, 0.2) is 23.1 Å². The van der Waals surface area contributed by atoms with Gasteiger partial charge in [-0.3, -0.25) is 4.72 Å². The molecule has 0 fully saturated rings. The molecule has 36 heavy (non-hydrogen) atoms. The number of aryl methyl sites for hydroxylation is 1. The molecule has 1 N–H and O–H groups in total. The third kappa shape index (κ3) is 6.02. The first-order chi connectivity index (χ1) is 17.4. The number of methoxy groups -OCH3 is 2. The van der Waals surface area contributed by atoms with Crippen molar-refractivity contribution in [3.8, 4) is 34.6 Å². The summed E-state index contributed by atoms with van der Waals surface area (Å²) >= 11 is 0. The average molecular weight is 512 g/mol. The highest BCUT2D eigenvalue weighted by Gasteiger charge is 2.24. The first-order valence-electron chi connectivity index (χ1n) is 10.7. The van der Waals surface area contributed by atoms with E-state index in [0.29, 0.717) is 22.8 Å². The lowest BCUT2D eigenvalue weighted by atomic mass is 10.2.